The number of fused-ring (bicyclic) bond motifs is 3. The van der Waals surface area contributed by atoms with Crippen molar-refractivity contribution in [3.05, 3.63) is 106 Å². The minimum absolute atomic E-state index is 0.0212. The number of hydrogen-bond donors (Lipinski definition) is 1. The van der Waals surface area contributed by atoms with E-state index in [-0.39, 0.29) is 5.78 Å². The van der Waals surface area contributed by atoms with Crippen molar-refractivity contribution in [3.8, 4) is 0 Å². The fraction of sp³-hybridized carbons (Fsp3) is 0.323. The normalized spacial score (nSPS) is 14.2. The third kappa shape index (κ3) is 4.83. The Labute approximate surface area is 214 Å². The second-order valence-corrected chi connectivity index (χ2v) is 16.6. The predicted octanol–water partition coefficient (Wildman–Crippen LogP) is 6.76. The van der Waals surface area contributed by atoms with E-state index >= 15 is 0 Å². The van der Waals surface area contributed by atoms with Crippen LogP contribution in [0.1, 0.15) is 50.8 Å². The molecule has 1 heterocycles. The van der Waals surface area contributed by atoms with Crippen LogP contribution in [0.4, 0.5) is 0 Å². The Morgan fingerprint density at radius 2 is 1.67 bits per heavy atom. The number of aryl methyl sites for hydroxylation is 1. The number of ether oxygens (including phenoxy) is 1. The maximum atomic E-state index is 13.7. The number of rotatable bonds is 9. The number of aliphatic hydroxyl groups excluding tert-OH is 1. The van der Waals surface area contributed by atoms with Crippen molar-refractivity contribution in [2.75, 3.05) is 6.61 Å². The Bertz CT molecular complexity index is 1370. The largest absolute Gasteiger partial charge is 0.384 e. The SMILES string of the molecule is C[Si](C)(C)CCOCn1c2c(c3c(C(=O)c4ccccc4)ccc(C(O)c4ccccc4)c31)CCC2. The van der Waals surface area contributed by atoms with Gasteiger partial charge in [0.1, 0.15) is 12.8 Å². The molecule has 0 saturated heterocycles. The average molecular weight is 498 g/mol. The zero-order valence-electron chi connectivity index (χ0n) is 21.5. The topological polar surface area (TPSA) is 51.5 Å². The minimum Gasteiger partial charge on any atom is -0.384 e. The number of carbonyl (C=O) groups excluding carboxylic acids is 1. The zero-order valence-corrected chi connectivity index (χ0v) is 22.5. The molecule has 4 aromatic rings. The van der Waals surface area contributed by atoms with Crippen LogP contribution in [0.2, 0.25) is 25.7 Å². The zero-order chi connectivity index (χ0) is 25.3. The summed E-state index contributed by atoms with van der Waals surface area (Å²) in [4.78, 5) is 13.7. The fourth-order valence-electron chi connectivity index (χ4n) is 5.28. The molecule has 36 heavy (non-hydrogen) atoms. The Kier molecular flexibility index (Phi) is 6.98. The number of hydrogen-bond acceptors (Lipinski definition) is 3. The van der Waals surface area contributed by atoms with Crippen LogP contribution in [0.15, 0.2) is 72.8 Å². The number of aromatic nitrogens is 1. The fourth-order valence-corrected chi connectivity index (χ4v) is 6.04. The van der Waals surface area contributed by atoms with E-state index in [4.69, 9.17) is 4.74 Å². The summed E-state index contributed by atoms with van der Waals surface area (Å²) in [5, 5.41) is 12.5. The molecule has 0 bridgehead atoms. The first kappa shape index (κ1) is 24.7. The van der Waals surface area contributed by atoms with Crippen molar-refractivity contribution in [1.29, 1.82) is 0 Å². The number of aliphatic hydroxyl groups is 1. The maximum Gasteiger partial charge on any atom is 0.193 e. The molecule has 0 fully saturated rings. The van der Waals surface area contributed by atoms with Gasteiger partial charge in [-0.3, -0.25) is 4.79 Å². The summed E-state index contributed by atoms with van der Waals surface area (Å²) in [6, 6.07) is 24.2. The van der Waals surface area contributed by atoms with Crippen molar-refractivity contribution in [2.45, 2.75) is 57.8 Å². The minimum atomic E-state index is -1.21. The molecule has 0 saturated carbocycles. The third-order valence-electron chi connectivity index (χ3n) is 7.20. The molecule has 0 radical (unpaired) electrons. The standard InChI is InChI=1S/C31H35NO3Si/c1-36(2,3)20-19-35-21-32-27-16-10-15-24(27)28-25(30(33)22-11-6-4-7-12-22)17-18-26(29(28)32)31(34)23-13-8-5-9-14-23/h4-9,11-14,17-18,31,34H,10,15-16,19-21H2,1-3H3. The lowest BCUT2D eigenvalue weighted by molar-refractivity contribution is 0.0882. The molecule has 1 aliphatic carbocycles. The van der Waals surface area contributed by atoms with Gasteiger partial charge in [-0.25, -0.2) is 0 Å². The van der Waals surface area contributed by atoms with Crippen molar-refractivity contribution in [1.82, 2.24) is 4.57 Å². The molecule has 0 aliphatic heterocycles. The van der Waals surface area contributed by atoms with Gasteiger partial charge in [0.15, 0.2) is 5.78 Å². The molecule has 1 unspecified atom stereocenters. The number of carbonyl (C=O) groups is 1. The van der Waals surface area contributed by atoms with Gasteiger partial charge in [-0.15, -0.1) is 0 Å². The van der Waals surface area contributed by atoms with Gasteiger partial charge in [-0.2, -0.15) is 0 Å². The van der Waals surface area contributed by atoms with E-state index in [1.807, 2.05) is 72.8 Å². The molecule has 5 rings (SSSR count). The lowest BCUT2D eigenvalue weighted by Gasteiger charge is -2.19. The van der Waals surface area contributed by atoms with Crippen LogP contribution in [0, 0.1) is 0 Å². The summed E-state index contributed by atoms with van der Waals surface area (Å²) in [6.45, 7) is 8.23. The molecule has 0 spiro atoms. The summed E-state index contributed by atoms with van der Waals surface area (Å²) in [5.74, 6) is 0.0212. The van der Waals surface area contributed by atoms with Crippen molar-refractivity contribution >= 4 is 24.8 Å². The van der Waals surface area contributed by atoms with E-state index in [1.165, 1.54) is 11.3 Å². The van der Waals surface area contributed by atoms with Crippen LogP contribution in [0.5, 0.6) is 0 Å². The molecule has 3 aromatic carbocycles. The summed E-state index contributed by atoms with van der Waals surface area (Å²) in [6.07, 6.45) is 2.18. The summed E-state index contributed by atoms with van der Waals surface area (Å²) >= 11 is 0. The molecule has 1 aromatic heterocycles. The highest BCUT2D eigenvalue weighted by atomic mass is 28.3. The van der Waals surface area contributed by atoms with Crippen LogP contribution in [-0.4, -0.2) is 30.1 Å². The van der Waals surface area contributed by atoms with E-state index in [0.29, 0.717) is 17.9 Å². The first-order valence-electron chi connectivity index (χ1n) is 12.9. The Morgan fingerprint density at radius 1 is 0.972 bits per heavy atom. The second-order valence-electron chi connectivity index (χ2n) is 11.0. The summed E-state index contributed by atoms with van der Waals surface area (Å²) < 4.78 is 8.49. The summed E-state index contributed by atoms with van der Waals surface area (Å²) in [5.41, 5.74) is 6.47. The molecular formula is C31H35NO3Si. The molecule has 1 N–H and O–H groups in total. The summed E-state index contributed by atoms with van der Waals surface area (Å²) in [7, 11) is -1.21. The molecule has 1 aliphatic rings. The van der Waals surface area contributed by atoms with Gasteiger partial charge in [-0.05, 0) is 42.5 Å². The van der Waals surface area contributed by atoms with Crippen LogP contribution in [-0.2, 0) is 24.3 Å². The number of nitrogens with zero attached hydrogens (tertiary/aromatic N) is 1. The maximum absolute atomic E-state index is 13.7. The Balaban J connectivity index is 1.66. The van der Waals surface area contributed by atoms with E-state index < -0.39 is 14.2 Å². The van der Waals surface area contributed by atoms with Gasteiger partial charge >= 0.3 is 0 Å². The predicted molar refractivity (Wildman–Crippen MR) is 148 cm³/mol. The van der Waals surface area contributed by atoms with Gasteiger partial charge in [0, 0.05) is 42.5 Å². The van der Waals surface area contributed by atoms with Crippen LogP contribution in [0.25, 0.3) is 10.9 Å². The van der Waals surface area contributed by atoms with Gasteiger partial charge in [0.2, 0.25) is 0 Å². The van der Waals surface area contributed by atoms with Crippen LogP contribution >= 0.6 is 0 Å². The molecule has 4 nitrogen and oxygen atoms in total. The highest BCUT2D eigenvalue weighted by Gasteiger charge is 2.29. The van der Waals surface area contributed by atoms with Gasteiger partial charge in [0.25, 0.3) is 0 Å². The van der Waals surface area contributed by atoms with Gasteiger partial charge in [-0.1, -0.05) is 86.4 Å². The van der Waals surface area contributed by atoms with E-state index in [0.717, 1.165) is 53.9 Å². The lowest BCUT2D eigenvalue weighted by Crippen LogP contribution is -2.22. The monoisotopic (exact) mass is 497 g/mol. The number of ketones is 1. The van der Waals surface area contributed by atoms with Crippen LogP contribution < -0.4 is 0 Å². The highest BCUT2D eigenvalue weighted by molar-refractivity contribution is 6.76. The Hall–Kier alpha value is -2.99. The van der Waals surface area contributed by atoms with Gasteiger partial charge < -0.3 is 14.4 Å². The second kappa shape index (κ2) is 10.2. The Morgan fingerprint density at radius 3 is 2.36 bits per heavy atom. The first-order chi connectivity index (χ1) is 17.3. The molecule has 5 heteroatoms. The average Bonchev–Trinajstić information content (AvgIpc) is 3.48. The van der Waals surface area contributed by atoms with Crippen molar-refractivity contribution in [2.24, 2.45) is 0 Å². The first-order valence-corrected chi connectivity index (χ1v) is 16.6. The van der Waals surface area contributed by atoms with E-state index in [9.17, 15) is 9.90 Å². The van der Waals surface area contributed by atoms with E-state index in [2.05, 4.69) is 24.2 Å². The third-order valence-corrected chi connectivity index (χ3v) is 8.91. The van der Waals surface area contributed by atoms with Crippen molar-refractivity contribution in [3.63, 3.8) is 0 Å². The van der Waals surface area contributed by atoms with E-state index in [1.54, 1.807) is 0 Å². The highest BCUT2D eigenvalue weighted by Crippen LogP contribution is 2.40. The molecule has 186 valence electrons. The molecular weight excluding hydrogens is 462 g/mol. The smallest absolute Gasteiger partial charge is 0.193 e. The molecule has 1 atom stereocenters. The van der Waals surface area contributed by atoms with Gasteiger partial charge in [0.05, 0.1) is 5.52 Å². The number of benzene rings is 3. The quantitative estimate of drug-likeness (QED) is 0.158. The molecule has 0 amide bonds. The van der Waals surface area contributed by atoms with Crippen LogP contribution in [0.3, 0.4) is 0 Å². The lowest BCUT2D eigenvalue weighted by atomic mass is 9.92. The van der Waals surface area contributed by atoms with Crippen molar-refractivity contribution < 1.29 is 14.6 Å².